The van der Waals surface area contributed by atoms with Gasteiger partial charge in [0.2, 0.25) is 0 Å². The van der Waals surface area contributed by atoms with Crippen LogP contribution in [0.5, 0.6) is 0 Å². The zero-order valence-electron chi connectivity index (χ0n) is 18.2. The van der Waals surface area contributed by atoms with E-state index >= 15 is 0 Å². The predicted octanol–water partition coefficient (Wildman–Crippen LogP) is 5.72. The molecule has 8 heteroatoms. The highest BCUT2D eigenvalue weighted by Crippen LogP contribution is 2.21. The molecule has 1 saturated heterocycles. The summed E-state index contributed by atoms with van der Waals surface area (Å²) >= 11 is 5.85. The summed E-state index contributed by atoms with van der Waals surface area (Å²) in [6.07, 6.45) is 1.70. The first-order valence-electron chi connectivity index (χ1n) is 10.8. The summed E-state index contributed by atoms with van der Waals surface area (Å²) in [5, 5.41) is 11.4. The molecule has 1 aliphatic rings. The Kier molecular flexibility index (Phi) is 7.03. The molecule has 0 aliphatic carbocycles. The van der Waals surface area contributed by atoms with Crippen LogP contribution in [0.2, 0.25) is 5.02 Å². The number of halogens is 3. The molecule has 0 unspecified atom stereocenters. The van der Waals surface area contributed by atoms with Gasteiger partial charge in [-0.25, -0.2) is 8.78 Å². The van der Waals surface area contributed by atoms with Crippen molar-refractivity contribution in [3.8, 4) is 0 Å². The third kappa shape index (κ3) is 5.31. The van der Waals surface area contributed by atoms with E-state index in [4.69, 9.17) is 17.0 Å². The van der Waals surface area contributed by atoms with Gasteiger partial charge in [0, 0.05) is 41.3 Å². The maximum atomic E-state index is 14.8. The van der Waals surface area contributed by atoms with Gasteiger partial charge in [-0.05, 0) is 66.9 Å². The number of Topliss-reactive ketones (excluding diaryl/α,β-unsaturated/α-hetero) is 1. The van der Waals surface area contributed by atoms with Crippen LogP contribution in [-0.2, 0) is 6.42 Å². The smallest absolute Gasteiger partial charge is 0.256 e. The van der Waals surface area contributed by atoms with E-state index in [2.05, 4.69) is 5.32 Å². The molecule has 3 aromatic carbocycles. The monoisotopic (exact) mass is 481 g/mol. The molecule has 0 aromatic heterocycles. The van der Waals surface area contributed by atoms with Crippen LogP contribution in [0.4, 0.5) is 14.5 Å². The standard InChI is InChI=1S/C26H22ClF2N3O2/c27-18-5-8-20(9-6-18)31-26(34)22-15-19(28)7-3-16(22)14-24(33)21-10-4-17(13-23(21)29)25(30)32-11-1-2-12-32/h3-10,13,15,30H,1-2,11-12,14H2,(H,31,34). The average molecular weight is 482 g/mol. The molecule has 1 fully saturated rings. The Labute approximate surface area is 200 Å². The lowest BCUT2D eigenvalue weighted by Gasteiger charge is -2.18. The van der Waals surface area contributed by atoms with E-state index in [0.717, 1.165) is 38.1 Å². The van der Waals surface area contributed by atoms with Gasteiger partial charge >= 0.3 is 0 Å². The number of benzene rings is 3. The van der Waals surface area contributed by atoms with Crippen molar-refractivity contribution in [2.45, 2.75) is 19.3 Å². The molecule has 3 aromatic rings. The van der Waals surface area contributed by atoms with Crippen LogP contribution in [-0.4, -0.2) is 35.5 Å². The number of hydrogen-bond acceptors (Lipinski definition) is 3. The molecule has 1 amide bonds. The van der Waals surface area contributed by atoms with Crippen LogP contribution in [0.15, 0.2) is 60.7 Å². The number of carbonyl (C=O) groups excluding carboxylic acids is 2. The third-order valence-corrected chi connectivity index (χ3v) is 5.99. The van der Waals surface area contributed by atoms with Crippen LogP contribution in [0.3, 0.4) is 0 Å². The molecular formula is C26H22ClF2N3O2. The van der Waals surface area contributed by atoms with Gasteiger partial charge in [0.15, 0.2) is 5.78 Å². The highest BCUT2D eigenvalue weighted by molar-refractivity contribution is 6.30. The van der Waals surface area contributed by atoms with Crippen LogP contribution < -0.4 is 5.32 Å². The molecule has 0 saturated carbocycles. The summed E-state index contributed by atoms with van der Waals surface area (Å²) in [4.78, 5) is 27.5. The number of anilines is 1. The lowest BCUT2D eigenvalue weighted by Crippen LogP contribution is -2.27. The highest BCUT2D eigenvalue weighted by atomic mass is 35.5. The van der Waals surface area contributed by atoms with E-state index < -0.39 is 23.3 Å². The Balaban J connectivity index is 1.53. The van der Waals surface area contributed by atoms with Crippen molar-refractivity contribution in [1.82, 2.24) is 4.90 Å². The van der Waals surface area contributed by atoms with E-state index in [1.54, 1.807) is 30.3 Å². The van der Waals surface area contributed by atoms with Gasteiger partial charge in [0.1, 0.15) is 17.5 Å². The summed E-state index contributed by atoms with van der Waals surface area (Å²) in [6, 6.07) is 14.0. The second-order valence-corrected chi connectivity index (χ2v) is 8.54. The van der Waals surface area contributed by atoms with Crippen LogP contribution in [0.25, 0.3) is 0 Å². The average Bonchev–Trinajstić information content (AvgIpc) is 3.36. The Hall–Kier alpha value is -3.58. The molecule has 0 bridgehead atoms. The van der Waals surface area contributed by atoms with Crippen molar-refractivity contribution in [2.24, 2.45) is 0 Å². The Bertz CT molecular complexity index is 1260. The zero-order chi connectivity index (χ0) is 24.2. The van der Waals surface area contributed by atoms with Crippen LogP contribution >= 0.6 is 11.6 Å². The molecule has 34 heavy (non-hydrogen) atoms. The normalized spacial score (nSPS) is 13.1. The summed E-state index contributed by atoms with van der Waals surface area (Å²) in [7, 11) is 0. The SMILES string of the molecule is N=C(c1ccc(C(=O)Cc2ccc(F)cc2C(=O)Nc2ccc(Cl)cc2)c(F)c1)N1CCCC1. The van der Waals surface area contributed by atoms with Crippen molar-refractivity contribution in [1.29, 1.82) is 5.41 Å². The van der Waals surface area contributed by atoms with Gasteiger partial charge < -0.3 is 10.2 Å². The minimum Gasteiger partial charge on any atom is -0.357 e. The van der Waals surface area contributed by atoms with Crippen molar-refractivity contribution < 1.29 is 18.4 Å². The number of amidine groups is 1. The fraction of sp³-hybridized carbons (Fsp3) is 0.192. The first-order valence-corrected chi connectivity index (χ1v) is 11.2. The van der Waals surface area contributed by atoms with E-state index in [1.807, 2.05) is 4.90 Å². The summed E-state index contributed by atoms with van der Waals surface area (Å²) < 4.78 is 28.7. The van der Waals surface area contributed by atoms with Gasteiger partial charge in [-0.2, -0.15) is 0 Å². The van der Waals surface area contributed by atoms with Crippen LogP contribution in [0, 0.1) is 17.0 Å². The van der Waals surface area contributed by atoms with Gasteiger partial charge in [-0.3, -0.25) is 15.0 Å². The molecule has 174 valence electrons. The fourth-order valence-corrected chi connectivity index (χ4v) is 4.05. The fourth-order valence-electron chi connectivity index (χ4n) is 3.93. The maximum absolute atomic E-state index is 14.8. The Morgan fingerprint density at radius 2 is 1.65 bits per heavy atom. The number of carbonyl (C=O) groups is 2. The highest BCUT2D eigenvalue weighted by Gasteiger charge is 2.21. The van der Waals surface area contributed by atoms with Gasteiger partial charge in [0.05, 0.1) is 5.56 Å². The van der Waals surface area contributed by atoms with E-state index in [0.29, 0.717) is 16.3 Å². The van der Waals surface area contributed by atoms with Crippen molar-refractivity contribution >= 4 is 34.8 Å². The topological polar surface area (TPSA) is 73.3 Å². The van der Waals surface area contributed by atoms with Gasteiger partial charge in [-0.15, -0.1) is 0 Å². The Morgan fingerprint density at radius 3 is 2.32 bits per heavy atom. The largest absolute Gasteiger partial charge is 0.357 e. The number of amides is 1. The molecule has 0 radical (unpaired) electrons. The molecule has 4 rings (SSSR count). The molecule has 5 nitrogen and oxygen atoms in total. The molecule has 1 aliphatic heterocycles. The molecule has 2 N–H and O–H groups in total. The molecule has 0 spiro atoms. The van der Waals surface area contributed by atoms with E-state index in [1.165, 1.54) is 18.2 Å². The van der Waals surface area contributed by atoms with Gasteiger partial charge in [0.25, 0.3) is 5.91 Å². The quantitative estimate of drug-likeness (QED) is 0.269. The lowest BCUT2D eigenvalue weighted by molar-refractivity contribution is 0.0988. The summed E-state index contributed by atoms with van der Waals surface area (Å²) in [5.74, 6) is -2.28. The first-order chi connectivity index (χ1) is 16.3. The lowest BCUT2D eigenvalue weighted by atomic mass is 9.97. The molecular weight excluding hydrogens is 460 g/mol. The zero-order valence-corrected chi connectivity index (χ0v) is 19.0. The minimum absolute atomic E-state index is 0.0175. The maximum Gasteiger partial charge on any atom is 0.256 e. The third-order valence-electron chi connectivity index (χ3n) is 5.73. The van der Waals surface area contributed by atoms with Gasteiger partial charge in [-0.1, -0.05) is 23.7 Å². The van der Waals surface area contributed by atoms with Crippen molar-refractivity contribution in [3.05, 3.63) is 99.6 Å². The van der Waals surface area contributed by atoms with E-state index in [-0.39, 0.29) is 28.9 Å². The van der Waals surface area contributed by atoms with Crippen LogP contribution in [0.1, 0.15) is 44.7 Å². The number of hydrogen-bond donors (Lipinski definition) is 2. The second-order valence-electron chi connectivity index (χ2n) is 8.10. The first kappa shape index (κ1) is 23.6. The number of nitrogens with zero attached hydrogens (tertiary/aromatic N) is 1. The number of likely N-dealkylation sites (tertiary alicyclic amines) is 1. The summed E-state index contributed by atoms with van der Waals surface area (Å²) in [5.41, 5.74) is 0.965. The Morgan fingerprint density at radius 1 is 0.941 bits per heavy atom. The predicted molar refractivity (Wildman–Crippen MR) is 128 cm³/mol. The number of rotatable bonds is 6. The molecule has 1 heterocycles. The minimum atomic E-state index is -0.735. The summed E-state index contributed by atoms with van der Waals surface area (Å²) in [6.45, 7) is 1.51. The number of ketones is 1. The second kappa shape index (κ2) is 10.1. The molecule has 0 atom stereocenters. The van der Waals surface area contributed by atoms with Crippen molar-refractivity contribution in [3.63, 3.8) is 0 Å². The van der Waals surface area contributed by atoms with Crippen molar-refractivity contribution in [2.75, 3.05) is 18.4 Å². The number of nitrogens with one attached hydrogen (secondary N) is 2. The van der Waals surface area contributed by atoms with E-state index in [9.17, 15) is 18.4 Å².